The number of carbonyl (C=O) groups excluding carboxylic acids is 1. The maximum atomic E-state index is 11.3. The number of para-hydroxylation sites is 1. The fourth-order valence-electron chi connectivity index (χ4n) is 3.92. The van der Waals surface area contributed by atoms with Crippen molar-refractivity contribution in [2.24, 2.45) is 4.99 Å². The second kappa shape index (κ2) is 10.1. The van der Waals surface area contributed by atoms with E-state index in [9.17, 15) is 4.79 Å². The summed E-state index contributed by atoms with van der Waals surface area (Å²) in [5, 5.41) is 6.84. The third kappa shape index (κ3) is 5.49. The molecule has 2 N–H and O–H groups in total. The summed E-state index contributed by atoms with van der Waals surface area (Å²) in [6.45, 7) is 3.20. The van der Waals surface area contributed by atoms with Crippen LogP contribution in [0.3, 0.4) is 0 Å². The maximum absolute atomic E-state index is 11.3. The third-order valence-corrected chi connectivity index (χ3v) is 5.18. The zero-order valence-electron chi connectivity index (χ0n) is 16.1. The second-order valence-corrected chi connectivity index (χ2v) is 7.02. The Kier molecular flexibility index (Phi) is 8.19. The van der Waals surface area contributed by atoms with Gasteiger partial charge in [0, 0.05) is 18.5 Å². The Labute approximate surface area is 178 Å². The molecule has 0 aromatic heterocycles. The van der Waals surface area contributed by atoms with E-state index < -0.39 is 0 Å². The summed E-state index contributed by atoms with van der Waals surface area (Å²) in [5.74, 6) is 1.46. The molecule has 1 aliphatic heterocycles. The molecule has 3 rings (SSSR count). The van der Waals surface area contributed by atoms with Gasteiger partial charge in [-0.05, 0) is 38.7 Å². The van der Waals surface area contributed by atoms with Crippen LogP contribution < -0.4 is 15.4 Å². The van der Waals surface area contributed by atoms with Crippen molar-refractivity contribution in [3.8, 4) is 5.75 Å². The van der Waals surface area contributed by atoms with Gasteiger partial charge in [0.2, 0.25) is 0 Å². The average Bonchev–Trinajstić information content (AvgIpc) is 3.09. The lowest BCUT2D eigenvalue weighted by Crippen LogP contribution is -2.46. The van der Waals surface area contributed by atoms with Crippen molar-refractivity contribution in [2.75, 3.05) is 20.2 Å². The van der Waals surface area contributed by atoms with Crippen LogP contribution in [0.1, 0.15) is 57.1 Å². The van der Waals surface area contributed by atoms with Gasteiger partial charge in [-0.15, -0.1) is 24.0 Å². The zero-order chi connectivity index (χ0) is 18.4. The van der Waals surface area contributed by atoms with Gasteiger partial charge in [0.25, 0.3) is 0 Å². The third-order valence-electron chi connectivity index (χ3n) is 5.18. The van der Waals surface area contributed by atoms with Gasteiger partial charge in [0.05, 0.1) is 26.1 Å². The Morgan fingerprint density at radius 3 is 2.78 bits per heavy atom. The van der Waals surface area contributed by atoms with E-state index >= 15 is 0 Å². The minimum Gasteiger partial charge on any atom is -0.487 e. The predicted octanol–water partition coefficient (Wildman–Crippen LogP) is 3.56. The van der Waals surface area contributed by atoms with Gasteiger partial charge in [-0.25, -0.2) is 0 Å². The van der Waals surface area contributed by atoms with E-state index in [0.717, 1.165) is 37.5 Å². The number of esters is 1. The first-order valence-corrected chi connectivity index (χ1v) is 9.55. The van der Waals surface area contributed by atoms with Crippen LogP contribution in [-0.2, 0) is 9.53 Å². The van der Waals surface area contributed by atoms with Gasteiger partial charge in [-0.3, -0.25) is 9.79 Å². The molecule has 0 amide bonds. The standard InChI is InChI=1S/C20H29N3O3.HI/c1-3-21-19(22-13-10-18(24)25-2)23-16-14-20(11-6-7-12-20)26-17-9-5-4-8-15(16)17;/h4-5,8-9,16H,3,6-7,10-14H2,1-2H3,(H2,21,22,23);1H. The van der Waals surface area contributed by atoms with Crippen LogP contribution in [0.5, 0.6) is 5.75 Å². The van der Waals surface area contributed by atoms with Crippen LogP contribution in [0.2, 0.25) is 0 Å². The number of hydrogen-bond donors (Lipinski definition) is 2. The molecule has 1 unspecified atom stereocenters. The summed E-state index contributed by atoms with van der Waals surface area (Å²) in [6.07, 6.45) is 5.88. The Hall–Kier alpha value is -1.51. The molecule has 150 valence electrons. The number of benzene rings is 1. The van der Waals surface area contributed by atoms with Gasteiger partial charge in [-0.2, -0.15) is 0 Å². The highest BCUT2D eigenvalue weighted by molar-refractivity contribution is 14.0. The summed E-state index contributed by atoms with van der Waals surface area (Å²) in [5.41, 5.74) is 1.11. The molecule has 1 saturated carbocycles. The first kappa shape index (κ1) is 21.8. The molecule has 27 heavy (non-hydrogen) atoms. The lowest BCUT2D eigenvalue weighted by atomic mass is 9.86. The predicted molar refractivity (Wildman–Crippen MR) is 117 cm³/mol. The lowest BCUT2D eigenvalue weighted by Gasteiger charge is -2.40. The summed E-state index contributed by atoms with van der Waals surface area (Å²) in [6, 6.07) is 8.40. The van der Waals surface area contributed by atoms with Crippen molar-refractivity contribution in [1.82, 2.24) is 10.6 Å². The van der Waals surface area contributed by atoms with Crippen molar-refractivity contribution >= 4 is 35.9 Å². The summed E-state index contributed by atoms with van der Waals surface area (Å²) in [7, 11) is 1.40. The van der Waals surface area contributed by atoms with Crippen LogP contribution in [0, 0.1) is 0 Å². The first-order chi connectivity index (χ1) is 12.7. The molecule has 1 atom stereocenters. The number of methoxy groups -OCH3 is 1. The van der Waals surface area contributed by atoms with E-state index in [4.69, 9.17) is 4.74 Å². The summed E-state index contributed by atoms with van der Waals surface area (Å²) in [4.78, 5) is 15.9. The number of carbonyl (C=O) groups is 1. The number of halogens is 1. The van der Waals surface area contributed by atoms with Crippen molar-refractivity contribution < 1.29 is 14.3 Å². The number of nitrogens with one attached hydrogen (secondary N) is 2. The van der Waals surface area contributed by atoms with Gasteiger partial charge >= 0.3 is 5.97 Å². The quantitative estimate of drug-likeness (QED) is 0.288. The number of aliphatic imine (C=N–C) groups is 1. The molecule has 0 radical (unpaired) electrons. The molecule has 1 aromatic rings. The molecule has 1 heterocycles. The highest BCUT2D eigenvalue weighted by Gasteiger charge is 2.43. The van der Waals surface area contributed by atoms with Crippen LogP contribution in [0.4, 0.5) is 0 Å². The van der Waals surface area contributed by atoms with E-state index in [1.165, 1.54) is 25.5 Å². The Morgan fingerprint density at radius 2 is 2.07 bits per heavy atom. The van der Waals surface area contributed by atoms with Crippen molar-refractivity contribution in [1.29, 1.82) is 0 Å². The number of rotatable bonds is 5. The number of ether oxygens (including phenoxy) is 2. The molecule has 1 aromatic carbocycles. The van der Waals surface area contributed by atoms with E-state index in [1.54, 1.807) is 0 Å². The molecule has 2 aliphatic rings. The average molecular weight is 487 g/mol. The van der Waals surface area contributed by atoms with Gasteiger partial charge in [-0.1, -0.05) is 18.2 Å². The molecule has 6 nitrogen and oxygen atoms in total. The van der Waals surface area contributed by atoms with Crippen LogP contribution in [-0.4, -0.2) is 37.7 Å². The summed E-state index contributed by atoms with van der Waals surface area (Å²) >= 11 is 0. The highest BCUT2D eigenvalue weighted by atomic mass is 127. The Morgan fingerprint density at radius 1 is 1.33 bits per heavy atom. The zero-order valence-corrected chi connectivity index (χ0v) is 18.5. The van der Waals surface area contributed by atoms with Crippen LogP contribution in [0.15, 0.2) is 29.3 Å². The van der Waals surface area contributed by atoms with Crippen LogP contribution in [0.25, 0.3) is 0 Å². The number of guanidine groups is 1. The van der Waals surface area contributed by atoms with E-state index in [2.05, 4.69) is 32.5 Å². The van der Waals surface area contributed by atoms with Crippen LogP contribution >= 0.6 is 24.0 Å². The van der Waals surface area contributed by atoms with Gasteiger partial charge in [0.1, 0.15) is 11.4 Å². The Bertz CT molecular complexity index is 660. The topological polar surface area (TPSA) is 72.0 Å². The fraction of sp³-hybridized carbons (Fsp3) is 0.600. The van der Waals surface area contributed by atoms with E-state index in [-0.39, 0.29) is 48.0 Å². The van der Waals surface area contributed by atoms with E-state index in [0.29, 0.717) is 6.54 Å². The second-order valence-electron chi connectivity index (χ2n) is 7.02. The summed E-state index contributed by atoms with van der Waals surface area (Å²) < 4.78 is 11.1. The molecule has 7 heteroatoms. The molecule has 1 fully saturated rings. The van der Waals surface area contributed by atoms with Gasteiger partial charge < -0.3 is 20.1 Å². The molecular formula is C20H30IN3O3. The van der Waals surface area contributed by atoms with Crippen molar-refractivity contribution in [3.05, 3.63) is 29.8 Å². The lowest BCUT2D eigenvalue weighted by molar-refractivity contribution is -0.140. The monoisotopic (exact) mass is 487 g/mol. The smallest absolute Gasteiger partial charge is 0.307 e. The van der Waals surface area contributed by atoms with Crippen molar-refractivity contribution in [3.63, 3.8) is 0 Å². The SMILES string of the molecule is CCNC(=NCCC(=O)OC)NC1CC2(CCCC2)Oc2ccccc21.I. The van der Waals surface area contributed by atoms with Crippen molar-refractivity contribution in [2.45, 2.75) is 57.1 Å². The highest BCUT2D eigenvalue weighted by Crippen LogP contribution is 2.46. The molecule has 1 aliphatic carbocycles. The first-order valence-electron chi connectivity index (χ1n) is 9.55. The molecule has 0 bridgehead atoms. The Balaban J connectivity index is 0.00000261. The molecule has 1 spiro atoms. The minimum atomic E-state index is -0.245. The number of nitrogens with zero attached hydrogens (tertiary/aromatic N) is 1. The normalized spacial score (nSPS) is 20.2. The fourth-order valence-corrected chi connectivity index (χ4v) is 3.92. The number of fused-ring (bicyclic) bond motifs is 1. The molecular weight excluding hydrogens is 457 g/mol. The largest absolute Gasteiger partial charge is 0.487 e. The minimum absolute atomic E-state index is 0. The maximum Gasteiger partial charge on any atom is 0.307 e. The van der Waals surface area contributed by atoms with Gasteiger partial charge in [0.15, 0.2) is 5.96 Å². The van der Waals surface area contributed by atoms with E-state index in [1.807, 2.05) is 19.1 Å². The molecule has 0 saturated heterocycles. The number of hydrogen-bond acceptors (Lipinski definition) is 4.